The second kappa shape index (κ2) is 7.37. The zero-order valence-electron chi connectivity index (χ0n) is 15.3. The summed E-state index contributed by atoms with van der Waals surface area (Å²) in [6.45, 7) is 7.12. The Morgan fingerprint density at radius 2 is 1.85 bits per heavy atom. The third-order valence-corrected chi connectivity index (χ3v) is 6.33. The molecule has 1 aliphatic heterocycles. The van der Waals surface area contributed by atoms with Gasteiger partial charge in [0, 0.05) is 36.9 Å². The van der Waals surface area contributed by atoms with Gasteiger partial charge in [0.05, 0.1) is 10.2 Å². The number of rotatable bonds is 2. The second-order valence-electron chi connectivity index (χ2n) is 6.79. The highest BCUT2D eigenvalue weighted by Crippen LogP contribution is 2.33. The fourth-order valence-electron chi connectivity index (χ4n) is 3.25. The molecule has 140 valence electrons. The van der Waals surface area contributed by atoms with Gasteiger partial charge in [0.1, 0.15) is 0 Å². The van der Waals surface area contributed by atoms with Crippen LogP contribution in [0.25, 0.3) is 10.2 Å². The Bertz CT molecular complexity index is 956. The molecule has 1 aromatic heterocycles. The summed E-state index contributed by atoms with van der Waals surface area (Å²) in [6, 6.07) is 11.4. The highest BCUT2D eigenvalue weighted by atomic mass is 35.5. The number of thiazole rings is 1. The first-order chi connectivity index (χ1) is 13.0. The molecule has 1 saturated heterocycles. The monoisotopic (exact) mass is 400 g/mol. The van der Waals surface area contributed by atoms with Crippen LogP contribution in [-0.2, 0) is 0 Å². The number of amides is 2. The van der Waals surface area contributed by atoms with Crippen LogP contribution >= 0.6 is 22.9 Å². The smallest absolute Gasteiger partial charge is 0.321 e. The van der Waals surface area contributed by atoms with Crippen LogP contribution < -0.4 is 10.2 Å². The van der Waals surface area contributed by atoms with E-state index < -0.39 is 0 Å². The normalized spacial score (nSPS) is 14.6. The summed E-state index contributed by atoms with van der Waals surface area (Å²) >= 11 is 7.72. The van der Waals surface area contributed by atoms with Crippen molar-refractivity contribution in [1.82, 2.24) is 9.88 Å². The highest BCUT2D eigenvalue weighted by molar-refractivity contribution is 7.22. The number of anilines is 2. The summed E-state index contributed by atoms with van der Waals surface area (Å²) < 4.78 is 1.26. The van der Waals surface area contributed by atoms with Gasteiger partial charge in [0.25, 0.3) is 0 Å². The SMILES string of the molecule is Cc1ccc(C)c2sc(N3CCN(C(=O)Nc4cccc(Cl)c4)CC3)nc12. The molecule has 27 heavy (non-hydrogen) atoms. The van der Waals surface area contributed by atoms with Crippen LogP contribution in [0, 0.1) is 13.8 Å². The van der Waals surface area contributed by atoms with E-state index in [0.29, 0.717) is 23.8 Å². The summed E-state index contributed by atoms with van der Waals surface area (Å²) in [5.74, 6) is 0. The summed E-state index contributed by atoms with van der Waals surface area (Å²) in [4.78, 5) is 21.5. The molecule has 1 aliphatic rings. The van der Waals surface area contributed by atoms with Crippen molar-refractivity contribution >= 4 is 50.0 Å². The van der Waals surface area contributed by atoms with Gasteiger partial charge in [-0.2, -0.15) is 0 Å². The molecule has 2 amide bonds. The molecule has 7 heteroatoms. The lowest BCUT2D eigenvalue weighted by molar-refractivity contribution is 0.208. The van der Waals surface area contributed by atoms with Crippen LogP contribution in [0.3, 0.4) is 0 Å². The lowest BCUT2D eigenvalue weighted by Crippen LogP contribution is -2.50. The molecule has 0 aliphatic carbocycles. The van der Waals surface area contributed by atoms with Gasteiger partial charge in [-0.25, -0.2) is 9.78 Å². The van der Waals surface area contributed by atoms with E-state index >= 15 is 0 Å². The number of urea groups is 1. The van der Waals surface area contributed by atoms with Gasteiger partial charge >= 0.3 is 6.03 Å². The Hall–Kier alpha value is -2.31. The van der Waals surface area contributed by atoms with Gasteiger partial charge in [0.15, 0.2) is 5.13 Å². The van der Waals surface area contributed by atoms with Gasteiger partial charge in [0.2, 0.25) is 0 Å². The van der Waals surface area contributed by atoms with E-state index in [9.17, 15) is 4.79 Å². The van der Waals surface area contributed by atoms with Crippen molar-refractivity contribution in [3.05, 3.63) is 52.5 Å². The van der Waals surface area contributed by atoms with Crippen molar-refractivity contribution in [3.63, 3.8) is 0 Å². The Kier molecular flexibility index (Phi) is 4.93. The zero-order valence-corrected chi connectivity index (χ0v) is 16.9. The minimum Gasteiger partial charge on any atom is -0.345 e. The quantitative estimate of drug-likeness (QED) is 0.664. The molecule has 1 N–H and O–H groups in total. The van der Waals surface area contributed by atoms with Gasteiger partial charge < -0.3 is 15.1 Å². The van der Waals surface area contributed by atoms with E-state index in [4.69, 9.17) is 16.6 Å². The minimum atomic E-state index is -0.0899. The number of carbonyl (C=O) groups is 1. The lowest BCUT2D eigenvalue weighted by atomic mass is 10.1. The third-order valence-electron chi connectivity index (χ3n) is 4.84. The van der Waals surface area contributed by atoms with Crippen molar-refractivity contribution in [2.24, 2.45) is 0 Å². The van der Waals surface area contributed by atoms with E-state index in [1.165, 1.54) is 15.8 Å². The average Bonchev–Trinajstić information content (AvgIpc) is 3.12. The average molecular weight is 401 g/mol. The van der Waals surface area contributed by atoms with Crippen LogP contribution in [0.1, 0.15) is 11.1 Å². The molecule has 2 heterocycles. The first-order valence-electron chi connectivity index (χ1n) is 8.94. The molecule has 0 spiro atoms. The molecule has 1 fully saturated rings. The number of hydrogen-bond donors (Lipinski definition) is 1. The Morgan fingerprint density at radius 3 is 2.56 bits per heavy atom. The number of piperazine rings is 1. The van der Waals surface area contributed by atoms with Crippen LogP contribution in [0.15, 0.2) is 36.4 Å². The minimum absolute atomic E-state index is 0.0899. The highest BCUT2D eigenvalue weighted by Gasteiger charge is 2.23. The number of hydrogen-bond acceptors (Lipinski definition) is 4. The Balaban J connectivity index is 1.42. The van der Waals surface area contributed by atoms with E-state index in [2.05, 4.69) is 36.2 Å². The third kappa shape index (κ3) is 3.73. The number of aryl methyl sites for hydroxylation is 2. The van der Waals surface area contributed by atoms with Crippen LogP contribution in [0.2, 0.25) is 5.02 Å². The van der Waals surface area contributed by atoms with E-state index in [1.807, 2.05) is 17.0 Å². The molecule has 5 nitrogen and oxygen atoms in total. The summed E-state index contributed by atoms with van der Waals surface area (Å²) in [5.41, 5.74) is 4.28. The van der Waals surface area contributed by atoms with E-state index in [-0.39, 0.29) is 6.03 Å². The number of fused-ring (bicyclic) bond motifs is 1. The van der Waals surface area contributed by atoms with E-state index in [1.54, 1.807) is 23.5 Å². The summed E-state index contributed by atoms with van der Waals surface area (Å²) in [6.07, 6.45) is 0. The lowest BCUT2D eigenvalue weighted by Gasteiger charge is -2.34. The zero-order chi connectivity index (χ0) is 19.0. The second-order valence-corrected chi connectivity index (χ2v) is 8.20. The number of nitrogens with one attached hydrogen (secondary N) is 1. The molecule has 0 bridgehead atoms. The summed E-state index contributed by atoms with van der Waals surface area (Å²) in [7, 11) is 0. The maximum atomic E-state index is 12.5. The van der Waals surface area contributed by atoms with Crippen molar-refractivity contribution in [2.75, 3.05) is 36.4 Å². The van der Waals surface area contributed by atoms with E-state index in [0.717, 1.165) is 23.7 Å². The molecular weight excluding hydrogens is 380 g/mol. The molecule has 3 aromatic rings. The standard InChI is InChI=1S/C20H21ClN4OS/c1-13-6-7-14(2)18-17(13)23-20(27-18)25-10-8-24(9-11-25)19(26)22-16-5-3-4-15(21)12-16/h3-7,12H,8-11H2,1-2H3,(H,22,26). The Morgan fingerprint density at radius 1 is 1.11 bits per heavy atom. The number of aromatic nitrogens is 1. The van der Waals surface area contributed by atoms with Crippen molar-refractivity contribution in [3.8, 4) is 0 Å². The molecule has 4 rings (SSSR count). The van der Waals surface area contributed by atoms with Crippen molar-refractivity contribution < 1.29 is 4.79 Å². The maximum absolute atomic E-state index is 12.5. The van der Waals surface area contributed by atoms with Gasteiger partial charge in [-0.15, -0.1) is 0 Å². The van der Waals surface area contributed by atoms with Gasteiger partial charge in [-0.1, -0.05) is 41.1 Å². The predicted octanol–water partition coefficient (Wildman–Crippen LogP) is 4.92. The number of nitrogens with zero attached hydrogens (tertiary/aromatic N) is 3. The number of benzene rings is 2. The van der Waals surface area contributed by atoms with Gasteiger partial charge in [-0.3, -0.25) is 0 Å². The van der Waals surface area contributed by atoms with Crippen LogP contribution in [0.4, 0.5) is 15.6 Å². The van der Waals surface area contributed by atoms with Crippen LogP contribution in [0.5, 0.6) is 0 Å². The topological polar surface area (TPSA) is 48.5 Å². The Labute approximate surface area is 167 Å². The fraction of sp³-hybridized carbons (Fsp3) is 0.300. The van der Waals surface area contributed by atoms with Crippen molar-refractivity contribution in [2.45, 2.75) is 13.8 Å². The molecule has 0 radical (unpaired) electrons. The number of halogens is 1. The first kappa shape index (κ1) is 18.1. The maximum Gasteiger partial charge on any atom is 0.321 e. The van der Waals surface area contributed by atoms with Crippen LogP contribution in [-0.4, -0.2) is 42.1 Å². The van der Waals surface area contributed by atoms with Crippen molar-refractivity contribution in [1.29, 1.82) is 0 Å². The molecular formula is C20H21ClN4OS. The molecule has 0 unspecified atom stereocenters. The first-order valence-corrected chi connectivity index (χ1v) is 10.1. The van der Waals surface area contributed by atoms with Gasteiger partial charge in [-0.05, 0) is 43.2 Å². The largest absolute Gasteiger partial charge is 0.345 e. The summed E-state index contributed by atoms with van der Waals surface area (Å²) in [5, 5.41) is 4.56. The fourth-order valence-corrected chi connectivity index (χ4v) is 4.61. The molecule has 0 saturated carbocycles. The molecule has 0 atom stereocenters. The predicted molar refractivity (Wildman–Crippen MR) is 113 cm³/mol. The molecule has 2 aromatic carbocycles. The number of carbonyl (C=O) groups excluding carboxylic acids is 1.